The van der Waals surface area contributed by atoms with E-state index in [0.29, 0.717) is 5.69 Å². The molecule has 0 radical (unpaired) electrons. The number of hydrogen-bond donors (Lipinski definition) is 1. The van der Waals surface area contributed by atoms with Crippen molar-refractivity contribution < 1.29 is 4.79 Å². The molecule has 3 aromatic rings. The van der Waals surface area contributed by atoms with Crippen molar-refractivity contribution in [1.82, 2.24) is 9.97 Å². The van der Waals surface area contributed by atoms with Crippen LogP contribution in [-0.4, -0.2) is 22.4 Å². The summed E-state index contributed by atoms with van der Waals surface area (Å²) < 4.78 is 0. The third kappa shape index (κ3) is 2.60. The number of nitrogens with zero attached hydrogens (tertiary/aromatic N) is 3. The lowest BCUT2D eigenvalue weighted by molar-refractivity contribution is 0.102. The van der Waals surface area contributed by atoms with E-state index >= 15 is 0 Å². The molecule has 1 amide bonds. The summed E-state index contributed by atoms with van der Waals surface area (Å²) in [6.07, 6.45) is 5.52. The molecule has 0 aliphatic carbocycles. The number of amides is 1. The van der Waals surface area contributed by atoms with Crippen molar-refractivity contribution in [3.8, 4) is 0 Å². The standard InChI is InChI=1S/C19H16N4O/c24-19(16-13-20-10-11-21-16)22-15-6-2-4-8-18(15)23-12-9-14-5-1-3-7-17(14)23/h1-8,10-11,13H,9,12H2,(H,22,24). The van der Waals surface area contributed by atoms with Gasteiger partial charge in [0.25, 0.3) is 5.91 Å². The van der Waals surface area contributed by atoms with Crippen molar-refractivity contribution in [1.29, 1.82) is 0 Å². The van der Waals surface area contributed by atoms with Crippen LogP contribution in [0.5, 0.6) is 0 Å². The second-order valence-corrected chi connectivity index (χ2v) is 5.59. The molecule has 0 atom stereocenters. The normalized spacial score (nSPS) is 12.8. The molecule has 1 aliphatic heterocycles. The van der Waals surface area contributed by atoms with Gasteiger partial charge < -0.3 is 10.2 Å². The van der Waals surface area contributed by atoms with Crippen LogP contribution in [0, 0.1) is 0 Å². The molecule has 0 unspecified atom stereocenters. The van der Waals surface area contributed by atoms with Crippen molar-refractivity contribution in [3.63, 3.8) is 0 Å². The van der Waals surface area contributed by atoms with Crippen LogP contribution in [0.1, 0.15) is 16.1 Å². The maximum Gasteiger partial charge on any atom is 0.275 e. The van der Waals surface area contributed by atoms with Gasteiger partial charge in [0.2, 0.25) is 0 Å². The molecule has 118 valence electrons. The predicted octanol–water partition coefficient (Wildman–Crippen LogP) is 3.42. The van der Waals surface area contributed by atoms with Crippen molar-refractivity contribution in [2.75, 3.05) is 16.8 Å². The molecule has 4 rings (SSSR count). The highest BCUT2D eigenvalue weighted by Crippen LogP contribution is 2.38. The van der Waals surface area contributed by atoms with E-state index in [-0.39, 0.29) is 5.91 Å². The van der Waals surface area contributed by atoms with Crippen LogP contribution in [0.15, 0.2) is 67.1 Å². The van der Waals surface area contributed by atoms with Crippen LogP contribution in [0.2, 0.25) is 0 Å². The zero-order valence-corrected chi connectivity index (χ0v) is 13.0. The molecular weight excluding hydrogens is 300 g/mol. The van der Waals surface area contributed by atoms with Gasteiger partial charge in [-0.1, -0.05) is 30.3 Å². The number of para-hydroxylation sites is 3. The first-order chi connectivity index (χ1) is 11.8. The Morgan fingerprint density at radius 3 is 2.62 bits per heavy atom. The van der Waals surface area contributed by atoms with Crippen molar-refractivity contribution in [3.05, 3.63) is 78.4 Å². The second kappa shape index (κ2) is 6.12. The number of rotatable bonds is 3. The molecule has 1 aliphatic rings. The summed E-state index contributed by atoms with van der Waals surface area (Å²) in [5, 5.41) is 2.95. The highest BCUT2D eigenvalue weighted by molar-refractivity contribution is 6.04. The maximum atomic E-state index is 12.4. The van der Waals surface area contributed by atoms with Gasteiger partial charge in [-0.05, 0) is 30.2 Å². The average molecular weight is 316 g/mol. The predicted molar refractivity (Wildman–Crippen MR) is 93.6 cm³/mol. The Labute approximate surface area is 140 Å². The van der Waals surface area contributed by atoms with E-state index in [4.69, 9.17) is 0 Å². The van der Waals surface area contributed by atoms with Crippen LogP contribution in [0.3, 0.4) is 0 Å². The molecule has 0 fully saturated rings. The Hall–Kier alpha value is -3.21. The van der Waals surface area contributed by atoms with Gasteiger partial charge >= 0.3 is 0 Å². The fourth-order valence-corrected chi connectivity index (χ4v) is 3.01. The average Bonchev–Trinajstić information content (AvgIpc) is 3.07. The van der Waals surface area contributed by atoms with E-state index in [1.165, 1.54) is 23.6 Å². The van der Waals surface area contributed by atoms with Crippen LogP contribution in [0.4, 0.5) is 17.1 Å². The zero-order chi connectivity index (χ0) is 16.4. The molecule has 1 N–H and O–H groups in total. The first-order valence-electron chi connectivity index (χ1n) is 7.85. The Bertz CT molecular complexity index is 879. The summed E-state index contributed by atoms with van der Waals surface area (Å²) in [4.78, 5) is 22.6. The number of nitrogens with one attached hydrogen (secondary N) is 1. The summed E-state index contributed by atoms with van der Waals surface area (Å²) in [6, 6.07) is 16.2. The van der Waals surface area contributed by atoms with Gasteiger partial charge in [-0.25, -0.2) is 4.98 Å². The molecule has 1 aromatic heterocycles. The summed E-state index contributed by atoms with van der Waals surface area (Å²) in [6.45, 7) is 0.900. The number of fused-ring (bicyclic) bond motifs is 1. The van der Waals surface area contributed by atoms with Gasteiger partial charge in [-0.3, -0.25) is 9.78 Å². The molecule has 24 heavy (non-hydrogen) atoms. The second-order valence-electron chi connectivity index (χ2n) is 5.59. The summed E-state index contributed by atoms with van der Waals surface area (Å²) in [5.41, 5.74) is 4.57. The number of carbonyl (C=O) groups excluding carboxylic acids is 1. The summed E-state index contributed by atoms with van der Waals surface area (Å²) in [7, 11) is 0. The Balaban J connectivity index is 1.66. The lowest BCUT2D eigenvalue weighted by Gasteiger charge is -2.23. The Kier molecular flexibility index (Phi) is 3.67. The number of anilines is 3. The van der Waals surface area contributed by atoms with Crippen molar-refractivity contribution in [2.45, 2.75) is 6.42 Å². The monoisotopic (exact) mass is 316 g/mol. The quantitative estimate of drug-likeness (QED) is 0.804. The van der Waals surface area contributed by atoms with Crippen molar-refractivity contribution >= 4 is 23.0 Å². The first kappa shape index (κ1) is 14.4. The van der Waals surface area contributed by atoms with E-state index in [2.05, 4.69) is 38.4 Å². The van der Waals surface area contributed by atoms with Crippen LogP contribution < -0.4 is 10.2 Å². The van der Waals surface area contributed by atoms with Gasteiger partial charge in [-0.2, -0.15) is 0 Å². The minimum Gasteiger partial charge on any atom is -0.339 e. The minimum atomic E-state index is -0.261. The smallest absolute Gasteiger partial charge is 0.275 e. The molecule has 0 saturated carbocycles. The molecule has 5 nitrogen and oxygen atoms in total. The third-order valence-corrected chi connectivity index (χ3v) is 4.13. The van der Waals surface area contributed by atoms with E-state index in [1.54, 1.807) is 6.20 Å². The fraction of sp³-hybridized carbons (Fsp3) is 0.105. The highest BCUT2D eigenvalue weighted by atomic mass is 16.1. The lowest BCUT2D eigenvalue weighted by atomic mass is 10.1. The summed E-state index contributed by atoms with van der Waals surface area (Å²) >= 11 is 0. The van der Waals surface area contributed by atoms with Gasteiger partial charge in [0.1, 0.15) is 5.69 Å². The summed E-state index contributed by atoms with van der Waals surface area (Å²) in [5.74, 6) is -0.261. The topological polar surface area (TPSA) is 58.1 Å². The zero-order valence-electron chi connectivity index (χ0n) is 13.0. The molecule has 0 spiro atoms. The number of carbonyl (C=O) groups is 1. The molecule has 0 saturated heterocycles. The van der Waals surface area contributed by atoms with E-state index < -0.39 is 0 Å². The Morgan fingerprint density at radius 1 is 1.00 bits per heavy atom. The van der Waals surface area contributed by atoms with E-state index in [1.807, 2.05) is 30.3 Å². The molecule has 2 heterocycles. The Morgan fingerprint density at radius 2 is 1.79 bits per heavy atom. The van der Waals surface area contributed by atoms with E-state index in [9.17, 15) is 4.79 Å². The minimum absolute atomic E-state index is 0.261. The number of hydrogen-bond acceptors (Lipinski definition) is 4. The van der Waals surface area contributed by atoms with E-state index in [0.717, 1.165) is 24.3 Å². The third-order valence-electron chi connectivity index (χ3n) is 4.13. The number of aromatic nitrogens is 2. The van der Waals surface area contributed by atoms with Gasteiger partial charge in [-0.15, -0.1) is 0 Å². The highest BCUT2D eigenvalue weighted by Gasteiger charge is 2.22. The van der Waals surface area contributed by atoms with Crippen LogP contribution in [-0.2, 0) is 6.42 Å². The SMILES string of the molecule is O=C(Nc1ccccc1N1CCc2ccccc21)c1cnccn1. The van der Waals surface area contributed by atoms with Gasteiger partial charge in [0, 0.05) is 24.6 Å². The lowest BCUT2D eigenvalue weighted by Crippen LogP contribution is -2.19. The molecule has 2 aromatic carbocycles. The largest absolute Gasteiger partial charge is 0.339 e. The van der Waals surface area contributed by atoms with Gasteiger partial charge in [0.05, 0.1) is 17.6 Å². The number of benzene rings is 2. The molecular formula is C19H16N4O. The van der Waals surface area contributed by atoms with Crippen molar-refractivity contribution in [2.24, 2.45) is 0 Å². The fourth-order valence-electron chi connectivity index (χ4n) is 3.01. The molecule has 5 heteroatoms. The van der Waals surface area contributed by atoms with Gasteiger partial charge in [0.15, 0.2) is 0 Å². The van der Waals surface area contributed by atoms with Crippen LogP contribution in [0.25, 0.3) is 0 Å². The maximum absolute atomic E-state index is 12.4. The molecule has 0 bridgehead atoms. The van der Waals surface area contributed by atoms with Crippen LogP contribution >= 0.6 is 0 Å². The first-order valence-corrected chi connectivity index (χ1v) is 7.85.